The number of hydrogen-bond acceptors (Lipinski definition) is 7. The first-order chi connectivity index (χ1) is 15.6. The Hall–Kier alpha value is -3.22. The number of alkyl halides is 3. The van der Waals surface area contributed by atoms with Gasteiger partial charge in [0, 0.05) is 18.2 Å². The monoisotopic (exact) mass is 482 g/mol. The molecular formula is C20H21F3N6O3S. The number of aromatic nitrogens is 4. The highest BCUT2D eigenvalue weighted by Crippen LogP contribution is 2.33. The summed E-state index contributed by atoms with van der Waals surface area (Å²) in [4.78, 5) is 24.1. The van der Waals surface area contributed by atoms with Gasteiger partial charge in [0.1, 0.15) is 11.8 Å². The standard InChI is InChI=1S/C20H21F3N6O3S/c21-20(22,23)33(31,32)15-7-5-14(6-8-15)28-19(30)13-3-1-12(2-4-13)9-29-11-27-16-17(24)25-10-26-18(16)29/h5-8,10-13H,1-4,9H2,(H,28,30)(H2,24,25,26). The van der Waals surface area contributed by atoms with E-state index in [4.69, 9.17) is 5.73 Å². The fraction of sp³-hybridized carbons (Fsp3) is 0.400. The molecule has 1 aliphatic carbocycles. The normalized spacial score (nSPS) is 19.5. The molecule has 0 aliphatic heterocycles. The largest absolute Gasteiger partial charge is 0.501 e. The lowest BCUT2D eigenvalue weighted by Gasteiger charge is -2.28. The van der Waals surface area contributed by atoms with E-state index >= 15 is 0 Å². The average molecular weight is 482 g/mol. The van der Waals surface area contributed by atoms with Crippen molar-refractivity contribution in [2.75, 3.05) is 11.1 Å². The molecule has 2 aromatic heterocycles. The predicted octanol–water partition coefficient (Wildman–Crippen LogP) is 3.15. The second-order valence-corrected chi connectivity index (χ2v) is 9.95. The summed E-state index contributed by atoms with van der Waals surface area (Å²) in [6.07, 6.45) is 5.99. The summed E-state index contributed by atoms with van der Waals surface area (Å²) < 4.78 is 62.7. The van der Waals surface area contributed by atoms with Crippen molar-refractivity contribution in [2.24, 2.45) is 11.8 Å². The van der Waals surface area contributed by atoms with Crippen LogP contribution in [-0.2, 0) is 21.2 Å². The van der Waals surface area contributed by atoms with Gasteiger partial charge in [-0.1, -0.05) is 0 Å². The smallest absolute Gasteiger partial charge is 0.382 e. The summed E-state index contributed by atoms with van der Waals surface area (Å²) in [7, 11) is -5.42. The SMILES string of the molecule is Nc1ncnc2c1ncn2CC1CCC(C(=O)Nc2ccc(S(=O)(=O)C(F)(F)F)cc2)CC1. The fourth-order valence-electron chi connectivity index (χ4n) is 4.01. The number of nitrogens with zero attached hydrogens (tertiary/aromatic N) is 4. The average Bonchev–Trinajstić information content (AvgIpc) is 3.18. The Morgan fingerprint density at radius 3 is 2.39 bits per heavy atom. The summed E-state index contributed by atoms with van der Waals surface area (Å²) in [5, 5.41) is 2.66. The third-order valence-electron chi connectivity index (χ3n) is 5.84. The van der Waals surface area contributed by atoms with Crippen LogP contribution < -0.4 is 11.1 Å². The molecule has 1 aromatic carbocycles. The van der Waals surface area contributed by atoms with Gasteiger partial charge in [-0.05, 0) is 55.9 Å². The number of nitrogen functional groups attached to an aromatic ring is 1. The van der Waals surface area contributed by atoms with E-state index in [9.17, 15) is 26.4 Å². The molecule has 176 valence electrons. The molecule has 1 amide bonds. The first-order valence-corrected chi connectivity index (χ1v) is 11.7. The van der Waals surface area contributed by atoms with Gasteiger partial charge in [0.2, 0.25) is 5.91 Å². The van der Waals surface area contributed by atoms with Crippen LogP contribution >= 0.6 is 0 Å². The molecule has 1 fully saturated rings. The van der Waals surface area contributed by atoms with Gasteiger partial charge in [-0.25, -0.2) is 23.4 Å². The minimum absolute atomic E-state index is 0.239. The number of halogens is 3. The minimum Gasteiger partial charge on any atom is -0.382 e. The number of nitrogens with two attached hydrogens (primary N) is 1. The van der Waals surface area contributed by atoms with E-state index in [-0.39, 0.29) is 17.5 Å². The van der Waals surface area contributed by atoms with Gasteiger partial charge in [0.15, 0.2) is 11.5 Å². The Balaban J connectivity index is 1.33. The quantitative estimate of drug-likeness (QED) is 0.571. The molecule has 0 atom stereocenters. The van der Waals surface area contributed by atoms with E-state index in [2.05, 4.69) is 20.3 Å². The number of amides is 1. The highest BCUT2D eigenvalue weighted by Gasteiger charge is 2.46. The van der Waals surface area contributed by atoms with E-state index in [1.54, 1.807) is 6.33 Å². The topological polar surface area (TPSA) is 133 Å². The van der Waals surface area contributed by atoms with Crippen LogP contribution in [0.25, 0.3) is 11.2 Å². The lowest BCUT2D eigenvalue weighted by Crippen LogP contribution is -2.28. The molecule has 3 N–H and O–H groups in total. The molecule has 3 aromatic rings. The Kier molecular flexibility index (Phi) is 5.99. The van der Waals surface area contributed by atoms with E-state index in [0.717, 1.165) is 37.1 Å². The summed E-state index contributed by atoms with van der Waals surface area (Å²) in [5.74, 6) is 0.170. The van der Waals surface area contributed by atoms with Crippen molar-refractivity contribution in [3.8, 4) is 0 Å². The third kappa shape index (κ3) is 4.63. The number of imidazole rings is 1. The van der Waals surface area contributed by atoms with Crippen molar-refractivity contribution in [1.82, 2.24) is 19.5 Å². The zero-order chi connectivity index (χ0) is 23.8. The molecule has 13 heteroatoms. The molecule has 1 saturated carbocycles. The number of benzene rings is 1. The second kappa shape index (κ2) is 8.61. The van der Waals surface area contributed by atoms with Gasteiger partial charge in [-0.15, -0.1) is 0 Å². The number of carbonyl (C=O) groups excluding carboxylic acids is 1. The number of rotatable bonds is 5. The van der Waals surface area contributed by atoms with Crippen LogP contribution in [0.4, 0.5) is 24.7 Å². The van der Waals surface area contributed by atoms with E-state index in [1.807, 2.05) is 4.57 Å². The summed E-state index contributed by atoms with van der Waals surface area (Å²) in [6, 6.07) is 3.97. The van der Waals surface area contributed by atoms with Crippen molar-refractivity contribution in [1.29, 1.82) is 0 Å². The molecule has 0 unspecified atom stereocenters. The van der Waals surface area contributed by atoms with Crippen LogP contribution in [0.3, 0.4) is 0 Å². The summed E-state index contributed by atoms with van der Waals surface area (Å²) in [6.45, 7) is 0.691. The van der Waals surface area contributed by atoms with Crippen LogP contribution in [0.15, 0.2) is 41.8 Å². The Morgan fingerprint density at radius 1 is 1.09 bits per heavy atom. The molecule has 9 nitrogen and oxygen atoms in total. The number of nitrogens with one attached hydrogen (secondary N) is 1. The second-order valence-electron chi connectivity index (χ2n) is 8.01. The van der Waals surface area contributed by atoms with E-state index in [1.165, 1.54) is 6.33 Å². The van der Waals surface area contributed by atoms with Gasteiger partial charge in [-0.3, -0.25) is 4.79 Å². The van der Waals surface area contributed by atoms with Crippen molar-refractivity contribution in [3.63, 3.8) is 0 Å². The van der Waals surface area contributed by atoms with Crippen molar-refractivity contribution >= 4 is 38.4 Å². The van der Waals surface area contributed by atoms with Crippen LogP contribution in [0.1, 0.15) is 25.7 Å². The summed E-state index contributed by atoms with van der Waals surface area (Å²) >= 11 is 0. The Morgan fingerprint density at radius 2 is 1.76 bits per heavy atom. The lowest BCUT2D eigenvalue weighted by molar-refractivity contribution is -0.121. The first-order valence-electron chi connectivity index (χ1n) is 10.2. The maximum atomic E-state index is 12.6. The van der Waals surface area contributed by atoms with Crippen molar-refractivity contribution in [2.45, 2.75) is 42.6 Å². The number of sulfone groups is 1. The third-order valence-corrected chi connectivity index (χ3v) is 7.34. The fourth-order valence-corrected chi connectivity index (χ4v) is 4.77. The molecule has 1 aliphatic rings. The van der Waals surface area contributed by atoms with Crippen LogP contribution in [-0.4, -0.2) is 39.4 Å². The van der Waals surface area contributed by atoms with Gasteiger partial charge in [0.05, 0.1) is 11.2 Å². The Labute approximate surface area is 187 Å². The molecule has 33 heavy (non-hydrogen) atoms. The van der Waals surface area contributed by atoms with Gasteiger partial charge in [0.25, 0.3) is 9.84 Å². The number of anilines is 2. The van der Waals surface area contributed by atoms with Gasteiger partial charge in [-0.2, -0.15) is 13.2 Å². The maximum absolute atomic E-state index is 12.6. The summed E-state index contributed by atoms with van der Waals surface area (Å²) in [5.41, 5.74) is 1.90. The van der Waals surface area contributed by atoms with E-state index in [0.29, 0.717) is 42.3 Å². The maximum Gasteiger partial charge on any atom is 0.501 e. The minimum atomic E-state index is -5.42. The molecule has 2 heterocycles. The molecular weight excluding hydrogens is 461 g/mol. The zero-order valence-electron chi connectivity index (χ0n) is 17.3. The number of fused-ring (bicyclic) bond motifs is 1. The number of hydrogen-bond donors (Lipinski definition) is 2. The molecule has 4 rings (SSSR count). The lowest BCUT2D eigenvalue weighted by atomic mass is 9.81. The molecule has 0 saturated heterocycles. The van der Waals surface area contributed by atoms with Gasteiger partial charge >= 0.3 is 5.51 Å². The van der Waals surface area contributed by atoms with Crippen LogP contribution in [0, 0.1) is 11.8 Å². The van der Waals surface area contributed by atoms with Gasteiger partial charge < -0.3 is 15.6 Å². The van der Waals surface area contributed by atoms with Crippen LogP contribution in [0.2, 0.25) is 0 Å². The first kappa shape index (κ1) is 23.0. The van der Waals surface area contributed by atoms with Crippen molar-refractivity contribution in [3.05, 3.63) is 36.9 Å². The highest BCUT2D eigenvalue weighted by atomic mass is 32.2. The van der Waals surface area contributed by atoms with E-state index < -0.39 is 20.2 Å². The molecule has 0 radical (unpaired) electrons. The Bertz CT molecular complexity index is 1270. The van der Waals surface area contributed by atoms with Crippen molar-refractivity contribution < 1.29 is 26.4 Å². The zero-order valence-corrected chi connectivity index (χ0v) is 18.1. The number of carbonyl (C=O) groups is 1. The predicted molar refractivity (Wildman–Crippen MR) is 113 cm³/mol. The van der Waals surface area contributed by atoms with Crippen LogP contribution in [0.5, 0.6) is 0 Å². The molecule has 0 bridgehead atoms. The highest BCUT2D eigenvalue weighted by molar-refractivity contribution is 7.92. The molecule has 0 spiro atoms.